The van der Waals surface area contributed by atoms with Gasteiger partial charge in [0.15, 0.2) is 18.3 Å². The van der Waals surface area contributed by atoms with Crippen LogP contribution >= 0.6 is 0 Å². The van der Waals surface area contributed by atoms with Gasteiger partial charge in [0, 0.05) is 5.56 Å². The maximum atomic E-state index is 12.4. The molecule has 3 N–H and O–H groups in total. The second kappa shape index (κ2) is 8.72. The molecule has 5 nitrogen and oxygen atoms in total. The normalized spacial score (nSPS) is 12.6. The topological polar surface area (TPSA) is 68.9 Å². The van der Waals surface area contributed by atoms with Crippen molar-refractivity contribution < 1.29 is 35.8 Å². The molecular weight excluding hydrogens is 392 g/mol. The van der Waals surface area contributed by atoms with Crippen LogP contribution in [0.5, 0.6) is 11.5 Å². The minimum Gasteiger partial charge on any atom is -0.484 e. The van der Waals surface area contributed by atoms with Gasteiger partial charge < -0.3 is 20.5 Å². The maximum absolute atomic E-state index is 12.4. The molecule has 0 fully saturated rings. The van der Waals surface area contributed by atoms with E-state index in [9.17, 15) is 26.3 Å². The van der Waals surface area contributed by atoms with Gasteiger partial charge in [-0.2, -0.15) is 13.2 Å². The smallest absolute Gasteiger partial charge is 0.484 e. The van der Waals surface area contributed by atoms with Crippen LogP contribution in [0.1, 0.15) is 5.56 Å². The van der Waals surface area contributed by atoms with Crippen molar-refractivity contribution in [2.45, 2.75) is 19.1 Å². The predicted octanol–water partition coefficient (Wildman–Crippen LogP) is 4.45. The Morgan fingerprint density at radius 2 is 1.54 bits per heavy atom. The Hall–Kier alpha value is -3.11. The quantitative estimate of drug-likeness (QED) is 0.422. The fourth-order valence-corrected chi connectivity index (χ4v) is 2.07. The number of halogens is 6. The Balaban J connectivity index is 2.08. The summed E-state index contributed by atoms with van der Waals surface area (Å²) in [5.41, 5.74) is 5.90. The molecule has 0 spiro atoms. The van der Waals surface area contributed by atoms with Gasteiger partial charge in [-0.3, -0.25) is 0 Å². The van der Waals surface area contributed by atoms with Crippen molar-refractivity contribution in [2.24, 2.45) is 10.7 Å². The van der Waals surface area contributed by atoms with E-state index < -0.39 is 24.9 Å². The molecule has 2 rings (SSSR count). The number of alkyl halides is 6. The van der Waals surface area contributed by atoms with Crippen molar-refractivity contribution in [2.75, 3.05) is 11.9 Å². The van der Waals surface area contributed by atoms with Gasteiger partial charge in [0.25, 0.3) is 0 Å². The highest BCUT2D eigenvalue weighted by molar-refractivity contribution is 5.93. The number of hydrogen-bond donors (Lipinski definition) is 2. The Kier molecular flexibility index (Phi) is 6.60. The highest BCUT2D eigenvalue weighted by atomic mass is 19.4. The number of nitrogens with zero attached hydrogens (tertiary/aromatic N) is 1. The first-order valence-corrected chi connectivity index (χ1v) is 7.73. The van der Waals surface area contributed by atoms with Crippen molar-refractivity contribution in [3.8, 4) is 11.5 Å². The number of ether oxygens (including phenoxy) is 2. The molecule has 11 heteroatoms. The molecular formula is C17H15F6N3O2. The zero-order valence-electron chi connectivity index (χ0n) is 14.1. The average molecular weight is 407 g/mol. The molecule has 0 saturated carbocycles. The van der Waals surface area contributed by atoms with Crippen LogP contribution in [0.3, 0.4) is 0 Å². The lowest BCUT2D eigenvalue weighted by Crippen LogP contribution is -2.24. The minimum atomic E-state index is -4.89. The molecule has 0 radical (unpaired) electrons. The largest absolute Gasteiger partial charge is 0.573 e. The molecule has 28 heavy (non-hydrogen) atoms. The van der Waals surface area contributed by atoms with Gasteiger partial charge in [-0.15, -0.1) is 13.2 Å². The zero-order valence-corrected chi connectivity index (χ0v) is 14.1. The maximum Gasteiger partial charge on any atom is 0.573 e. The molecule has 2 aromatic carbocycles. The third-order valence-corrected chi connectivity index (χ3v) is 3.16. The van der Waals surface area contributed by atoms with E-state index in [-0.39, 0.29) is 23.9 Å². The number of guanidine groups is 1. The molecule has 152 valence electrons. The molecule has 0 atom stereocenters. The van der Waals surface area contributed by atoms with E-state index >= 15 is 0 Å². The van der Waals surface area contributed by atoms with Crippen molar-refractivity contribution >= 4 is 11.6 Å². The fourth-order valence-electron chi connectivity index (χ4n) is 2.07. The minimum absolute atomic E-state index is 0.0304. The number of hydrogen-bond acceptors (Lipinski definition) is 3. The molecule has 0 amide bonds. The van der Waals surface area contributed by atoms with E-state index in [4.69, 9.17) is 10.5 Å². The summed E-state index contributed by atoms with van der Waals surface area (Å²) < 4.78 is 82.8. The first kappa shape index (κ1) is 21.2. The van der Waals surface area contributed by atoms with Crippen molar-refractivity contribution in [1.82, 2.24) is 0 Å². The summed E-state index contributed by atoms with van der Waals surface area (Å²) in [5.74, 6) is -0.803. The van der Waals surface area contributed by atoms with Crippen molar-refractivity contribution in [3.63, 3.8) is 0 Å². The molecule has 0 aliphatic heterocycles. The lowest BCUT2D eigenvalue weighted by atomic mass is 10.2. The molecule has 0 aliphatic carbocycles. The summed E-state index contributed by atoms with van der Waals surface area (Å²) in [6.07, 6.45) is -9.39. The second-order valence-corrected chi connectivity index (χ2v) is 5.38. The number of nitrogens with one attached hydrogen (secondary N) is 1. The first-order valence-electron chi connectivity index (χ1n) is 7.73. The SMILES string of the molecule is NC(=NCc1ccccc1OCC(F)(F)F)Nc1ccccc1OC(F)(F)F. The first-order chi connectivity index (χ1) is 13.0. The molecule has 0 bridgehead atoms. The van der Waals surface area contributed by atoms with Crippen LogP contribution in [0.25, 0.3) is 0 Å². The third-order valence-electron chi connectivity index (χ3n) is 3.16. The zero-order chi connectivity index (χ0) is 20.8. The molecule has 0 aromatic heterocycles. The highest BCUT2D eigenvalue weighted by Crippen LogP contribution is 2.30. The van der Waals surface area contributed by atoms with Crippen LogP contribution in [-0.2, 0) is 6.54 Å². The number of benzene rings is 2. The Morgan fingerprint density at radius 3 is 2.18 bits per heavy atom. The second-order valence-electron chi connectivity index (χ2n) is 5.38. The van der Waals surface area contributed by atoms with E-state index in [1.165, 1.54) is 36.4 Å². The number of para-hydroxylation sites is 3. The van der Waals surface area contributed by atoms with Crippen LogP contribution in [0.2, 0.25) is 0 Å². The number of anilines is 1. The lowest BCUT2D eigenvalue weighted by molar-refractivity contribution is -0.274. The van der Waals surface area contributed by atoms with Crippen LogP contribution in [0, 0.1) is 0 Å². The average Bonchev–Trinajstić information content (AvgIpc) is 2.58. The van der Waals surface area contributed by atoms with E-state index in [1.807, 2.05) is 0 Å². The molecule has 0 heterocycles. The van der Waals surface area contributed by atoms with Crippen LogP contribution in [0.4, 0.5) is 32.0 Å². The van der Waals surface area contributed by atoms with Gasteiger partial charge in [0.2, 0.25) is 0 Å². The number of aliphatic imine (C=N–C) groups is 1. The van der Waals surface area contributed by atoms with Gasteiger partial charge in [-0.25, -0.2) is 4.99 Å². The van der Waals surface area contributed by atoms with Crippen LogP contribution < -0.4 is 20.5 Å². The number of rotatable bonds is 6. The molecule has 0 unspecified atom stereocenters. The highest BCUT2D eigenvalue weighted by Gasteiger charge is 2.32. The summed E-state index contributed by atoms with van der Waals surface area (Å²) in [7, 11) is 0. The van der Waals surface area contributed by atoms with E-state index in [0.717, 1.165) is 6.07 Å². The van der Waals surface area contributed by atoms with Gasteiger partial charge in [-0.1, -0.05) is 30.3 Å². The van der Waals surface area contributed by atoms with Crippen LogP contribution in [0.15, 0.2) is 53.5 Å². The van der Waals surface area contributed by atoms with E-state index in [2.05, 4.69) is 15.0 Å². The summed E-state index contributed by atoms with van der Waals surface area (Å²) in [6.45, 7) is -1.63. The van der Waals surface area contributed by atoms with Gasteiger partial charge in [0.05, 0.1) is 12.2 Å². The third kappa shape index (κ3) is 7.25. The van der Waals surface area contributed by atoms with Gasteiger partial charge in [0.1, 0.15) is 5.75 Å². The summed E-state index contributed by atoms with van der Waals surface area (Å²) in [4.78, 5) is 3.92. The van der Waals surface area contributed by atoms with Crippen LogP contribution in [-0.4, -0.2) is 25.1 Å². The molecule has 0 saturated heterocycles. The summed E-state index contributed by atoms with van der Waals surface area (Å²) >= 11 is 0. The van der Waals surface area contributed by atoms with E-state index in [0.29, 0.717) is 5.56 Å². The summed E-state index contributed by atoms with van der Waals surface area (Å²) in [5, 5.41) is 2.46. The van der Waals surface area contributed by atoms with Crippen molar-refractivity contribution in [3.05, 3.63) is 54.1 Å². The lowest BCUT2D eigenvalue weighted by Gasteiger charge is -2.14. The fraction of sp³-hybridized carbons (Fsp3) is 0.235. The Labute approximate surface area is 155 Å². The predicted molar refractivity (Wildman–Crippen MR) is 90.1 cm³/mol. The Bertz CT molecular complexity index is 821. The van der Waals surface area contributed by atoms with Gasteiger partial charge >= 0.3 is 12.5 Å². The number of nitrogens with two attached hydrogens (primary N) is 1. The standard InChI is InChI=1S/C17H15F6N3O2/c18-16(19,20)10-27-13-7-3-1-5-11(13)9-25-15(24)26-12-6-2-4-8-14(12)28-17(21,22)23/h1-8H,9-10H2,(H3,24,25,26). The molecule has 2 aromatic rings. The van der Waals surface area contributed by atoms with E-state index in [1.54, 1.807) is 6.07 Å². The van der Waals surface area contributed by atoms with Gasteiger partial charge in [-0.05, 0) is 18.2 Å². The Morgan fingerprint density at radius 1 is 0.929 bits per heavy atom. The molecule has 0 aliphatic rings. The summed E-state index contributed by atoms with van der Waals surface area (Å²) in [6, 6.07) is 11.1. The monoisotopic (exact) mass is 407 g/mol. The van der Waals surface area contributed by atoms with Crippen molar-refractivity contribution in [1.29, 1.82) is 0 Å².